The predicted molar refractivity (Wildman–Crippen MR) is 179 cm³/mol. The number of hydrogen-bond donors (Lipinski definition) is 0. The molecule has 6 rings (SSSR count). The van der Waals surface area contributed by atoms with E-state index in [4.69, 9.17) is 24.7 Å². The van der Waals surface area contributed by atoms with Gasteiger partial charge in [0, 0.05) is 0 Å². The van der Waals surface area contributed by atoms with Crippen LogP contribution in [0.2, 0.25) is 0 Å². The summed E-state index contributed by atoms with van der Waals surface area (Å²) >= 11 is 0. The van der Waals surface area contributed by atoms with Crippen molar-refractivity contribution in [2.75, 3.05) is 6.61 Å². The molecule has 45 heavy (non-hydrogen) atoms. The number of rotatable bonds is 4. The summed E-state index contributed by atoms with van der Waals surface area (Å²) in [5.41, 5.74) is 17.4. The van der Waals surface area contributed by atoms with Gasteiger partial charge in [-0.15, -0.1) is 22.1 Å². The molecule has 5 heterocycles. The molecule has 1 aromatic carbocycles. The van der Waals surface area contributed by atoms with Crippen LogP contribution < -0.4 is 9.97 Å². The fourth-order valence-corrected chi connectivity index (χ4v) is 5.99. The van der Waals surface area contributed by atoms with Gasteiger partial charge in [-0.2, -0.15) is 0 Å². The summed E-state index contributed by atoms with van der Waals surface area (Å²) < 4.78 is 5.62. The smallest absolute Gasteiger partial charge is 0.657 e. The van der Waals surface area contributed by atoms with E-state index in [0.29, 0.717) is 23.2 Å². The Labute approximate surface area is 275 Å². The molecule has 0 aliphatic carbocycles. The van der Waals surface area contributed by atoms with Crippen molar-refractivity contribution in [2.24, 2.45) is 0 Å². The molecule has 4 aromatic rings. The molecule has 2 aliphatic heterocycles. The number of carbonyl (C=O) groups excluding carboxylic acids is 1. The molecule has 6 nitrogen and oxygen atoms in total. The molecule has 8 bridgehead atoms. The molecule has 0 N–H and O–H groups in total. The number of benzene rings is 1. The minimum atomic E-state index is -0.426. The number of fused-ring (bicyclic) bond motifs is 8. The van der Waals surface area contributed by atoms with Gasteiger partial charge in [-0.1, -0.05) is 64.7 Å². The first-order valence-electron chi connectivity index (χ1n) is 15.2. The number of aromatic nitrogens is 4. The number of hydrogen-bond acceptors (Lipinski definition) is 4. The van der Waals surface area contributed by atoms with Gasteiger partial charge in [0.05, 0.1) is 34.9 Å². The van der Waals surface area contributed by atoms with Crippen molar-refractivity contribution in [3.63, 3.8) is 0 Å². The van der Waals surface area contributed by atoms with Crippen molar-refractivity contribution in [1.82, 2.24) is 19.9 Å². The SMILES string of the molecule is CCOC(=O)c1c2nc(cc3[n-]c(cc4nc(c(Cc5ccc(C)cc5)c5cc(C)c1[n-]5)C(C)=C4C)c(C)c3C)C(C)=C2C.[Cu+2]. The van der Waals surface area contributed by atoms with Crippen LogP contribution in [-0.2, 0) is 28.2 Å². The van der Waals surface area contributed by atoms with Gasteiger partial charge in [0.2, 0.25) is 0 Å². The van der Waals surface area contributed by atoms with Gasteiger partial charge in [0.25, 0.3) is 0 Å². The zero-order valence-electron chi connectivity index (χ0n) is 27.4. The summed E-state index contributed by atoms with van der Waals surface area (Å²) in [6.45, 7) is 18.7. The van der Waals surface area contributed by atoms with Gasteiger partial charge in [0.1, 0.15) is 0 Å². The van der Waals surface area contributed by atoms with E-state index >= 15 is 0 Å². The number of allylic oxidation sites excluding steroid dienone is 4. The molecule has 0 saturated carbocycles. The third-order valence-corrected chi connectivity index (χ3v) is 9.20. The zero-order chi connectivity index (χ0) is 31.4. The standard InChI is InChI=1S/C38H39N4O2.Cu/c1-10-44-38(43)34-35-20(3)15-33(42-35)28(16-27-13-11-19(2)12-14-27)36-25(8)23(6)31(40-36)17-29-21(4)22(5)30(39-29)18-32-24(7)26(9)37(34)41-32;/h11-15,17-18H,10,16H2,1-9H3,(H-,39,40,41,42,43);/q-1;+2/p-1. The Hall–Kier alpha value is -4.19. The Bertz CT molecular complexity index is 2090. The normalized spacial score (nSPS) is 12.9. The summed E-state index contributed by atoms with van der Waals surface area (Å²) in [4.78, 5) is 34.2. The maximum Gasteiger partial charge on any atom is 2.00 e. The zero-order valence-corrected chi connectivity index (χ0v) is 28.3. The summed E-state index contributed by atoms with van der Waals surface area (Å²) in [6, 6.07) is 14.8. The first-order valence-corrected chi connectivity index (χ1v) is 15.2. The van der Waals surface area contributed by atoms with E-state index in [0.717, 1.165) is 78.2 Å². The van der Waals surface area contributed by atoms with Crippen LogP contribution in [0.4, 0.5) is 0 Å². The molecule has 7 heteroatoms. The molecule has 1 radical (unpaired) electrons. The van der Waals surface area contributed by atoms with Gasteiger partial charge in [-0.25, -0.2) is 14.8 Å². The van der Waals surface area contributed by atoms with E-state index in [1.807, 2.05) is 33.8 Å². The maximum absolute atomic E-state index is 13.7. The van der Waals surface area contributed by atoms with Crippen molar-refractivity contribution in [1.29, 1.82) is 0 Å². The van der Waals surface area contributed by atoms with Gasteiger partial charge >= 0.3 is 23.0 Å². The van der Waals surface area contributed by atoms with Crippen LogP contribution in [0.25, 0.3) is 44.4 Å². The predicted octanol–water partition coefficient (Wildman–Crippen LogP) is 8.47. The second kappa shape index (κ2) is 12.3. The molecular formula is C38H38CuN4O2. The van der Waals surface area contributed by atoms with Crippen molar-refractivity contribution in [3.05, 3.63) is 104 Å². The fourth-order valence-electron chi connectivity index (χ4n) is 5.99. The molecule has 0 amide bonds. The molecule has 0 atom stereocenters. The summed E-state index contributed by atoms with van der Waals surface area (Å²) in [6.07, 6.45) is 0.643. The molecule has 3 aromatic heterocycles. The summed E-state index contributed by atoms with van der Waals surface area (Å²) in [7, 11) is 0. The van der Waals surface area contributed by atoms with E-state index in [1.165, 1.54) is 11.1 Å². The van der Waals surface area contributed by atoms with E-state index < -0.39 is 5.97 Å². The van der Waals surface area contributed by atoms with E-state index in [-0.39, 0.29) is 23.7 Å². The van der Waals surface area contributed by atoms with Crippen LogP contribution in [0, 0.1) is 27.7 Å². The third kappa shape index (κ3) is 5.60. The molecule has 0 spiro atoms. The van der Waals surface area contributed by atoms with Crippen molar-refractivity contribution in [3.8, 4) is 0 Å². The number of esters is 1. The quantitative estimate of drug-likeness (QED) is 0.164. The first-order chi connectivity index (χ1) is 21.0. The van der Waals surface area contributed by atoms with Crippen LogP contribution in [-0.4, -0.2) is 22.5 Å². The molecule has 0 unspecified atom stereocenters. The van der Waals surface area contributed by atoms with Crippen molar-refractivity contribution < 1.29 is 26.6 Å². The number of aryl methyl sites for hydroxylation is 4. The van der Waals surface area contributed by atoms with Crippen molar-refractivity contribution >= 4 is 50.3 Å². The van der Waals surface area contributed by atoms with Crippen LogP contribution >= 0.6 is 0 Å². The Morgan fingerprint density at radius 2 is 1.27 bits per heavy atom. The molecule has 233 valence electrons. The third-order valence-electron chi connectivity index (χ3n) is 9.20. The Balaban J connectivity index is 0.00000400. The van der Waals surface area contributed by atoms with Crippen LogP contribution in [0.1, 0.15) is 101 Å². The molecule has 0 saturated heterocycles. The second-order valence-electron chi connectivity index (χ2n) is 12.0. The Kier molecular flexibility index (Phi) is 8.81. The molecule has 2 aliphatic rings. The average molecular weight is 646 g/mol. The fraction of sp³-hybridized carbons (Fsp3) is 0.289. The number of nitrogens with zero attached hydrogens (tertiary/aromatic N) is 4. The average Bonchev–Trinajstić information content (AvgIpc) is 3.67. The second-order valence-corrected chi connectivity index (χ2v) is 12.0. The Morgan fingerprint density at radius 1 is 0.711 bits per heavy atom. The number of carbonyl (C=O) groups is 1. The summed E-state index contributed by atoms with van der Waals surface area (Å²) in [5, 5.41) is 0. The largest absolute Gasteiger partial charge is 2.00 e. The van der Waals surface area contributed by atoms with Gasteiger partial charge in [-0.3, -0.25) is 0 Å². The first kappa shape index (κ1) is 32.2. The van der Waals surface area contributed by atoms with Gasteiger partial charge in [-0.05, 0) is 102 Å². The van der Waals surface area contributed by atoms with E-state index in [2.05, 4.69) is 71.0 Å². The van der Waals surface area contributed by atoms with Gasteiger partial charge in [0.15, 0.2) is 0 Å². The maximum atomic E-state index is 13.7. The van der Waals surface area contributed by atoms with Gasteiger partial charge < -0.3 is 14.7 Å². The van der Waals surface area contributed by atoms with Crippen LogP contribution in [0.5, 0.6) is 0 Å². The minimum Gasteiger partial charge on any atom is -0.657 e. The van der Waals surface area contributed by atoms with Crippen LogP contribution in [0.15, 0.2) is 42.5 Å². The van der Waals surface area contributed by atoms with Crippen molar-refractivity contribution in [2.45, 2.75) is 68.7 Å². The summed E-state index contributed by atoms with van der Waals surface area (Å²) in [5.74, 6) is -0.426. The minimum absolute atomic E-state index is 0. The monoisotopic (exact) mass is 645 g/mol. The topological polar surface area (TPSA) is 80.3 Å². The van der Waals surface area contributed by atoms with E-state index in [9.17, 15) is 4.79 Å². The van der Waals surface area contributed by atoms with E-state index in [1.54, 1.807) is 0 Å². The molecular weight excluding hydrogens is 608 g/mol. The molecule has 0 fully saturated rings. The Morgan fingerprint density at radius 3 is 1.84 bits per heavy atom. The number of ether oxygens (including phenoxy) is 1. The van der Waals surface area contributed by atoms with Crippen LogP contribution in [0.3, 0.4) is 0 Å².